The molecule has 0 aliphatic rings. The summed E-state index contributed by atoms with van der Waals surface area (Å²) in [4.78, 5) is 0. The second kappa shape index (κ2) is 9.86. The van der Waals surface area contributed by atoms with E-state index in [0.29, 0.717) is 25.9 Å². The van der Waals surface area contributed by atoms with Crippen molar-refractivity contribution in [2.75, 3.05) is 38.8 Å². The number of halogens is 1. The smallest absolute Gasteiger partial charge is 0.264 e. The van der Waals surface area contributed by atoms with E-state index < -0.39 is 20.2 Å². The van der Waals surface area contributed by atoms with Gasteiger partial charge in [0.15, 0.2) is 0 Å². The standard InChI is InChI=1S/C8H18ClNO6S2.H2O/c1-17(11,12)15-7-3-5-10(9)6-4-8-16-18(2,13)14;/h3-8H2,1-2H3;1H2. The molecule has 8 nitrogen and oxygen atoms in total. The molecule has 0 saturated heterocycles. The molecule has 0 aromatic rings. The molecule has 0 aromatic carbocycles. The molecule has 0 bridgehead atoms. The van der Waals surface area contributed by atoms with Gasteiger partial charge in [0.05, 0.1) is 25.7 Å². The minimum absolute atomic E-state index is 0. The molecule has 0 rings (SSSR count). The molecule has 0 atom stereocenters. The Bertz CT molecular complexity index is 382. The lowest BCUT2D eigenvalue weighted by molar-refractivity contribution is 0.278. The number of hydrogen-bond acceptors (Lipinski definition) is 7. The first-order valence-electron chi connectivity index (χ1n) is 5.20. The van der Waals surface area contributed by atoms with Crippen LogP contribution in [0.2, 0.25) is 0 Å². The van der Waals surface area contributed by atoms with E-state index in [1.54, 1.807) is 0 Å². The molecule has 0 spiro atoms. The van der Waals surface area contributed by atoms with Crippen LogP contribution in [0.4, 0.5) is 0 Å². The highest BCUT2D eigenvalue weighted by Gasteiger charge is 2.05. The molecule has 0 fully saturated rings. The maximum atomic E-state index is 10.6. The van der Waals surface area contributed by atoms with E-state index >= 15 is 0 Å². The lowest BCUT2D eigenvalue weighted by Gasteiger charge is -2.12. The first kappa shape index (κ1) is 21.3. The van der Waals surface area contributed by atoms with Crippen molar-refractivity contribution in [2.24, 2.45) is 0 Å². The van der Waals surface area contributed by atoms with E-state index in [4.69, 9.17) is 11.8 Å². The normalized spacial score (nSPS) is 12.4. The molecule has 0 aromatic heterocycles. The van der Waals surface area contributed by atoms with Crippen LogP contribution in [0.5, 0.6) is 0 Å². The predicted molar refractivity (Wildman–Crippen MR) is 71.9 cm³/mol. The SMILES string of the molecule is CS(=O)(=O)OCCCN(Cl)CCCOS(C)(=O)=O.O. The Morgan fingerprint density at radius 2 is 1.21 bits per heavy atom. The van der Waals surface area contributed by atoms with Gasteiger partial charge in [-0.15, -0.1) is 0 Å². The number of nitrogens with zero attached hydrogens (tertiary/aromatic N) is 1. The summed E-state index contributed by atoms with van der Waals surface area (Å²) in [5, 5.41) is 0. The Labute approximate surface area is 119 Å². The van der Waals surface area contributed by atoms with Crippen molar-refractivity contribution in [3.05, 3.63) is 0 Å². The monoisotopic (exact) mass is 341 g/mol. The minimum Gasteiger partial charge on any atom is -0.412 e. The van der Waals surface area contributed by atoms with Crippen LogP contribution >= 0.6 is 11.8 Å². The van der Waals surface area contributed by atoms with E-state index in [1.807, 2.05) is 0 Å². The van der Waals surface area contributed by atoms with Gasteiger partial charge in [-0.3, -0.25) is 8.37 Å². The predicted octanol–water partition coefficient (Wildman–Crippen LogP) is -0.650. The summed E-state index contributed by atoms with van der Waals surface area (Å²) < 4.78 is 53.0. The van der Waals surface area contributed by atoms with E-state index in [0.717, 1.165) is 12.5 Å². The topological polar surface area (TPSA) is 121 Å². The molecule has 2 N–H and O–H groups in total. The fourth-order valence-electron chi connectivity index (χ4n) is 1.00. The molecular formula is C8H20ClNO7S2. The maximum Gasteiger partial charge on any atom is 0.264 e. The van der Waals surface area contributed by atoms with Gasteiger partial charge in [-0.25, -0.2) is 4.42 Å². The molecule has 0 aliphatic heterocycles. The van der Waals surface area contributed by atoms with Crippen molar-refractivity contribution in [1.29, 1.82) is 0 Å². The lowest BCUT2D eigenvalue weighted by Crippen LogP contribution is -2.19. The molecule has 0 radical (unpaired) electrons. The van der Waals surface area contributed by atoms with Crippen LogP contribution in [0, 0.1) is 0 Å². The third-order valence-corrected chi connectivity index (χ3v) is 3.21. The number of rotatable bonds is 10. The maximum absolute atomic E-state index is 10.6. The Hall–Kier alpha value is 0.0300. The Balaban J connectivity index is 0. The molecule has 11 heteroatoms. The van der Waals surface area contributed by atoms with Crippen molar-refractivity contribution >= 4 is 32.0 Å². The van der Waals surface area contributed by atoms with Gasteiger partial charge >= 0.3 is 0 Å². The van der Waals surface area contributed by atoms with Crippen molar-refractivity contribution in [2.45, 2.75) is 12.8 Å². The molecule has 0 amide bonds. The highest BCUT2D eigenvalue weighted by molar-refractivity contribution is 7.86. The van der Waals surface area contributed by atoms with E-state index in [-0.39, 0.29) is 18.7 Å². The van der Waals surface area contributed by atoms with Crippen LogP contribution in [0.15, 0.2) is 0 Å². The average Bonchev–Trinajstić information content (AvgIpc) is 2.17. The quantitative estimate of drug-likeness (QED) is 0.294. The van der Waals surface area contributed by atoms with E-state index in [1.165, 1.54) is 4.42 Å². The van der Waals surface area contributed by atoms with Gasteiger partial charge in [0, 0.05) is 13.1 Å². The zero-order valence-electron chi connectivity index (χ0n) is 10.8. The molecule has 0 heterocycles. The van der Waals surface area contributed by atoms with Crippen LogP contribution in [0.3, 0.4) is 0 Å². The molecule has 0 aliphatic carbocycles. The van der Waals surface area contributed by atoms with Crippen LogP contribution < -0.4 is 0 Å². The first-order valence-corrected chi connectivity index (χ1v) is 9.17. The average molecular weight is 342 g/mol. The summed E-state index contributed by atoms with van der Waals surface area (Å²) in [6.45, 7) is 1.02. The summed E-state index contributed by atoms with van der Waals surface area (Å²) in [6, 6.07) is 0. The van der Waals surface area contributed by atoms with Crippen molar-refractivity contribution in [3.63, 3.8) is 0 Å². The fourth-order valence-corrected chi connectivity index (χ4v) is 2.08. The molecule has 0 saturated carbocycles. The van der Waals surface area contributed by atoms with Crippen molar-refractivity contribution in [3.8, 4) is 0 Å². The van der Waals surface area contributed by atoms with Crippen LogP contribution in [-0.4, -0.2) is 65.5 Å². The van der Waals surface area contributed by atoms with Gasteiger partial charge in [-0.1, -0.05) is 0 Å². The third kappa shape index (κ3) is 18.0. The Morgan fingerprint density at radius 3 is 1.47 bits per heavy atom. The van der Waals surface area contributed by atoms with Crippen molar-refractivity contribution in [1.82, 2.24) is 4.42 Å². The summed E-state index contributed by atoms with van der Waals surface area (Å²) in [5.41, 5.74) is 0. The first-order chi connectivity index (χ1) is 8.10. The van der Waals surface area contributed by atoms with Crippen molar-refractivity contribution < 1.29 is 30.7 Å². The number of hydrogen-bond donors (Lipinski definition) is 0. The van der Waals surface area contributed by atoms with Gasteiger partial charge in [0.25, 0.3) is 20.2 Å². The zero-order valence-corrected chi connectivity index (χ0v) is 13.2. The second-order valence-electron chi connectivity index (χ2n) is 3.67. The fraction of sp³-hybridized carbons (Fsp3) is 1.00. The zero-order chi connectivity index (χ0) is 14.2. The Kier molecular flexibility index (Phi) is 11.1. The largest absolute Gasteiger partial charge is 0.412 e. The molecule has 19 heavy (non-hydrogen) atoms. The van der Waals surface area contributed by atoms with Crippen LogP contribution in [-0.2, 0) is 28.6 Å². The highest BCUT2D eigenvalue weighted by Crippen LogP contribution is 2.01. The summed E-state index contributed by atoms with van der Waals surface area (Å²) in [7, 11) is -6.82. The second-order valence-corrected chi connectivity index (χ2v) is 7.44. The van der Waals surface area contributed by atoms with Crippen LogP contribution in [0.25, 0.3) is 0 Å². The third-order valence-electron chi connectivity index (χ3n) is 1.68. The minimum atomic E-state index is -3.41. The highest BCUT2D eigenvalue weighted by atomic mass is 35.5. The summed E-state index contributed by atoms with van der Waals surface area (Å²) >= 11 is 5.80. The van der Waals surface area contributed by atoms with E-state index in [9.17, 15) is 16.8 Å². The summed E-state index contributed by atoms with van der Waals surface area (Å²) in [6.07, 6.45) is 2.88. The van der Waals surface area contributed by atoms with E-state index in [2.05, 4.69) is 8.37 Å². The van der Waals surface area contributed by atoms with Gasteiger partial charge < -0.3 is 5.48 Å². The Morgan fingerprint density at radius 1 is 0.895 bits per heavy atom. The van der Waals surface area contributed by atoms with Gasteiger partial charge in [-0.2, -0.15) is 16.8 Å². The van der Waals surface area contributed by atoms with Crippen LogP contribution in [0.1, 0.15) is 12.8 Å². The lowest BCUT2D eigenvalue weighted by atomic mass is 10.4. The molecule has 118 valence electrons. The molecule has 0 unspecified atom stereocenters. The summed E-state index contributed by atoms with van der Waals surface area (Å²) in [5.74, 6) is 0. The van der Waals surface area contributed by atoms with Gasteiger partial charge in [0.2, 0.25) is 0 Å². The van der Waals surface area contributed by atoms with Gasteiger partial charge in [-0.05, 0) is 24.6 Å². The van der Waals surface area contributed by atoms with Gasteiger partial charge in [0.1, 0.15) is 0 Å². The molecular weight excluding hydrogens is 322 g/mol.